The van der Waals surface area contributed by atoms with Crippen molar-refractivity contribution in [3.63, 3.8) is 0 Å². The highest BCUT2D eigenvalue weighted by Gasteiger charge is 2.31. The zero-order valence-corrected chi connectivity index (χ0v) is 15.1. The van der Waals surface area contributed by atoms with Gasteiger partial charge in [0.05, 0.1) is 11.7 Å². The Kier molecular flexibility index (Phi) is 5.34. The van der Waals surface area contributed by atoms with Gasteiger partial charge in [-0.15, -0.1) is 13.2 Å². The summed E-state index contributed by atoms with van der Waals surface area (Å²) < 4.78 is 42.1. The zero-order valence-electron chi connectivity index (χ0n) is 15.1. The van der Waals surface area contributed by atoms with E-state index in [0.717, 1.165) is 23.4 Å². The lowest BCUT2D eigenvalue weighted by molar-refractivity contribution is -0.274. The van der Waals surface area contributed by atoms with E-state index in [9.17, 15) is 18.0 Å². The van der Waals surface area contributed by atoms with E-state index in [1.54, 1.807) is 18.1 Å². The van der Waals surface area contributed by atoms with E-state index >= 15 is 0 Å². The fourth-order valence-electron chi connectivity index (χ4n) is 2.65. The molecule has 0 radical (unpaired) electrons. The highest BCUT2D eigenvalue weighted by atomic mass is 19.4. The number of ether oxygens (including phenoxy) is 1. The Hall–Kier alpha value is -3.36. The molecule has 1 amide bonds. The van der Waals surface area contributed by atoms with Crippen LogP contribution in [0, 0.1) is 0 Å². The number of aromatic nitrogens is 3. The Morgan fingerprint density at radius 2 is 1.75 bits per heavy atom. The van der Waals surface area contributed by atoms with Gasteiger partial charge >= 0.3 is 6.36 Å². The summed E-state index contributed by atoms with van der Waals surface area (Å²) in [6.45, 7) is 1.86. The van der Waals surface area contributed by atoms with Gasteiger partial charge in [0.25, 0.3) is 5.91 Å². The smallest absolute Gasteiger partial charge is 0.406 e. The molecule has 0 fully saturated rings. The number of carbonyl (C=O) groups excluding carboxylic acids is 1. The largest absolute Gasteiger partial charge is 0.573 e. The number of hydrogen-bond donors (Lipinski definition) is 0. The predicted molar refractivity (Wildman–Crippen MR) is 95.0 cm³/mol. The Bertz CT molecular complexity index is 923. The van der Waals surface area contributed by atoms with Crippen LogP contribution in [0.5, 0.6) is 5.75 Å². The van der Waals surface area contributed by atoms with Crippen LogP contribution >= 0.6 is 0 Å². The molecule has 3 aromatic rings. The van der Waals surface area contributed by atoms with Gasteiger partial charge in [0, 0.05) is 12.6 Å². The molecule has 1 heterocycles. The number of benzene rings is 2. The SMILES string of the molecule is CC(c1ccc(-n2cncn2)cc1)N(C)C(=O)c1ccc(OC(F)(F)F)cc1. The van der Waals surface area contributed by atoms with Crippen LogP contribution in [0.3, 0.4) is 0 Å². The molecule has 2 aromatic carbocycles. The summed E-state index contributed by atoms with van der Waals surface area (Å²) in [5.74, 6) is -0.685. The zero-order chi connectivity index (χ0) is 20.3. The summed E-state index contributed by atoms with van der Waals surface area (Å²) in [6.07, 6.45) is -1.75. The monoisotopic (exact) mass is 390 g/mol. The first-order chi connectivity index (χ1) is 13.2. The molecule has 1 unspecified atom stereocenters. The third-order valence-corrected chi connectivity index (χ3v) is 4.29. The van der Waals surface area contributed by atoms with Crippen molar-refractivity contribution in [1.29, 1.82) is 0 Å². The molecule has 28 heavy (non-hydrogen) atoms. The van der Waals surface area contributed by atoms with Gasteiger partial charge in [0.1, 0.15) is 18.4 Å². The van der Waals surface area contributed by atoms with Crippen molar-refractivity contribution in [2.24, 2.45) is 0 Å². The van der Waals surface area contributed by atoms with Gasteiger partial charge in [-0.05, 0) is 48.9 Å². The standard InChI is InChI=1S/C19H17F3N4O2/c1-13(14-3-7-16(8-4-14)26-12-23-11-24-26)25(2)18(27)15-5-9-17(10-6-15)28-19(20,21)22/h3-13H,1-2H3. The molecule has 0 N–H and O–H groups in total. The normalized spacial score (nSPS) is 12.5. The third kappa shape index (κ3) is 4.48. The van der Waals surface area contributed by atoms with Crippen molar-refractivity contribution in [2.75, 3.05) is 7.05 Å². The van der Waals surface area contributed by atoms with Gasteiger partial charge in [-0.2, -0.15) is 5.10 Å². The van der Waals surface area contributed by atoms with Crippen molar-refractivity contribution >= 4 is 5.91 Å². The molecule has 0 spiro atoms. The summed E-state index contributed by atoms with van der Waals surface area (Å²) >= 11 is 0. The number of rotatable bonds is 5. The van der Waals surface area contributed by atoms with Crippen LogP contribution in [0.2, 0.25) is 0 Å². The Balaban J connectivity index is 1.70. The predicted octanol–water partition coefficient (Wildman–Crippen LogP) is 4.00. The molecule has 0 saturated carbocycles. The molecule has 3 rings (SSSR count). The van der Waals surface area contributed by atoms with Crippen LogP contribution in [0.25, 0.3) is 5.69 Å². The first kappa shape index (κ1) is 19.4. The molecule has 146 valence electrons. The number of hydrogen-bond acceptors (Lipinski definition) is 4. The minimum Gasteiger partial charge on any atom is -0.406 e. The summed E-state index contributed by atoms with van der Waals surface area (Å²) in [6, 6.07) is 12.1. The van der Waals surface area contributed by atoms with Crippen molar-refractivity contribution in [3.8, 4) is 11.4 Å². The van der Waals surface area contributed by atoms with Gasteiger partial charge < -0.3 is 9.64 Å². The van der Waals surface area contributed by atoms with Gasteiger partial charge in [0.15, 0.2) is 0 Å². The number of alkyl halides is 3. The number of nitrogens with zero attached hydrogens (tertiary/aromatic N) is 4. The molecule has 9 heteroatoms. The molecule has 0 saturated heterocycles. The van der Waals surface area contributed by atoms with Crippen LogP contribution in [0.1, 0.15) is 28.9 Å². The van der Waals surface area contributed by atoms with Crippen molar-refractivity contribution < 1.29 is 22.7 Å². The van der Waals surface area contributed by atoms with Gasteiger partial charge in [-0.3, -0.25) is 4.79 Å². The van der Waals surface area contributed by atoms with E-state index in [1.807, 2.05) is 31.2 Å². The number of amides is 1. The van der Waals surface area contributed by atoms with Crippen LogP contribution in [-0.2, 0) is 0 Å². The van der Waals surface area contributed by atoms with Crippen molar-refractivity contribution in [3.05, 3.63) is 72.3 Å². The Labute approximate surface area is 159 Å². The van der Waals surface area contributed by atoms with Crippen LogP contribution in [-0.4, -0.2) is 39.0 Å². The first-order valence-corrected chi connectivity index (χ1v) is 8.32. The lowest BCUT2D eigenvalue weighted by Crippen LogP contribution is -2.29. The average molecular weight is 390 g/mol. The van der Waals surface area contributed by atoms with Crippen LogP contribution in [0.15, 0.2) is 61.2 Å². The molecule has 1 atom stereocenters. The fraction of sp³-hybridized carbons (Fsp3) is 0.211. The molecule has 1 aromatic heterocycles. The lowest BCUT2D eigenvalue weighted by atomic mass is 10.1. The lowest BCUT2D eigenvalue weighted by Gasteiger charge is -2.25. The second-order valence-electron chi connectivity index (χ2n) is 6.10. The van der Waals surface area contributed by atoms with Gasteiger partial charge in [-0.1, -0.05) is 12.1 Å². The first-order valence-electron chi connectivity index (χ1n) is 8.32. The molecular formula is C19H17F3N4O2. The van der Waals surface area contributed by atoms with Gasteiger partial charge in [-0.25, -0.2) is 9.67 Å². The highest BCUT2D eigenvalue weighted by Crippen LogP contribution is 2.25. The van der Waals surface area contributed by atoms with E-state index in [2.05, 4.69) is 14.8 Å². The number of halogens is 3. The maximum absolute atomic E-state index is 12.7. The summed E-state index contributed by atoms with van der Waals surface area (Å²) in [5, 5.41) is 4.05. The quantitative estimate of drug-likeness (QED) is 0.661. The minimum absolute atomic E-state index is 0.247. The maximum atomic E-state index is 12.7. The van der Waals surface area contributed by atoms with E-state index in [1.165, 1.54) is 23.4 Å². The third-order valence-electron chi connectivity index (χ3n) is 4.29. The maximum Gasteiger partial charge on any atom is 0.573 e. The van der Waals surface area contributed by atoms with Crippen LogP contribution < -0.4 is 4.74 Å². The second kappa shape index (κ2) is 7.71. The molecular weight excluding hydrogens is 373 g/mol. The molecule has 0 aliphatic rings. The van der Waals surface area contributed by atoms with Crippen molar-refractivity contribution in [1.82, 2.24) is 19.7 Å². The van der Waals surface area contributed by atoms with Crippen LogP contribution in [0.4, 0.5) is 13.2 Å². The average Bonchev–Trinajstić information content (AvgIpc) is 3.20. The molecule has 0 aliphatic heterocycles. The Morgan fingerprint density at radius 3 is 2.29 bits per heavy atom. The molecule has 6 nitrogen and oxygen atoms in total. The van der Waals surface area contributed by atoms with E-state index in [-0.39, 0.29) is 23.3 Å². The summed E-state index contributed by atoms with van der Waals surface area (Å²) in [7, 11) is 1.64. The molecule has 0 bridgehead atoms. The Morgan fingerprint density at radius 1 is 1.11 bits per heavy atom. The van der Waals surface area contributed by atoms with E-state index in [4.69, 9.17) is 0 Å². The second-order valence-corrected chi connectivity index (χ2v) is 6.10. The topological polar surface area (TPSA) is 60.2 Å². The van der Waals surface area contributed by atoms with Crippen molar-refractivity contribution in [2.45, 2.75) is 19.3 Å². The van der Waals surface area contributed by atoms with Gasteiger partial charge in [0.2, 0.25) is 0 Å². The summed E-state index contributed by atoms with van der Waals surface area (Å²) in [4.78, 5) is 18.1. The highest BCUT2D eigenvalue weighted by molar-refractivity contribution is 5.94. The fourth-order valence-corrected chi connectivity index (χ4v) is 2.65. The summed E-state index contributed by atoms with van der Waals surface area (Å²) in [5.41, 5.74) is 2.00. The van der Waals surface area contributed by atoms with E-state index < -0.39 is 6.36 Å². The van der Waals surface area contributed by atoms with E-state index in [0.29, 0.717) is 0 Å². The number of carbonyl (C=O) groups is 1. The molecule has 0 aliphatic carbocycles. The minimum atomic E-state index is -4.77.